The number of unbranched alkanes of at least 4 members (excludes halogenated alkanes) is 3. The normalized spacial score (nSPS) is 13.0. The second kappa shape index (κ2) is 18.5. The second-order valence-electron chi connectivity index (χ2n) is 7.84. The minimum atomic E-state index is -0.0644. The van der Waals surface area contributed by atoms with Gasteiger partial charge >= 0.3 is 139 Å². The maximum atomic E-state index is 12.6. The number of amides is 1. The first-order valence-electron chi connectivity index (χ1n) is 11.8. The number of nitrogens with one attached hydrogen (secondary N) is 1. The standard InChI is InChI=1S/C22H36NO4.C3H7.Cr/c1-5-15-26-16-9-7-8-10-17-27-20-13-11-19(12-14-20)22(24)23-18(3)21(6-2)25-4;1-3-2;/h11-14,18,21H,2,5-10,15-17H2,1,3-4H3,(H,23,24);1,3H2,2H3;. The molecule has 1 aromatic rings. The molecule has 0 bridgehead atoms. The van der Waals surface area contributed by atoms with Crippen molar-refractivity contribution in [3.8, 4) is 5.75 Å². The maximum absolute atomic E-state index is 12.6. The number of carbonyl (C=O) groups excluding carboxylic acids is 1. The molecule has 0 aromatic heterocycles. The Morgan fingerprint density at radius 2 is 1.68 bits per heavy atom. The van der Waals surface area contributed by atoms with Crippen LogP contribution in [-0.4, -0.2) is 45.0 Å². The summed E-state index contributed by atoms with van der Waals surface area (Å²) in [7, 11) is 1.73. The van der Waals surface area contributed by atoms with E-state index in [0.29, 0.717) is 27.4 Å². The van der Waals surface area contributed by atoms with Crippen LogP contribution in [-0.2, 0) is 24.7 Å². The Balaban J connectivity index is 2.27. The molecule has 178 valence electrons. The summed E-state index contributed by atoms with van der Waals surface area (Å²) in [5.41, 5.74) is 0.649. The van der Waals surface area contributed by atoms with Gasteiger partial charge in [0.25, 0.3) is 0 Å². The molecule has 1 rings (SSSR count). The number of hydrogen-bond donors (Lipinski definition) is 1. The Kier molecular flexibility index (Phi) is 16.7. The molecule has 1 aromatic carbocycles. The van der Waals surface area contributed by atoms with Crippen LogP contribution in [0.3, 0.4) is 0 Å². The molecule has 0 aliphatic rings. The third-order valence-electron chi connectivity index (χ3n) is 5.03. The van der Waals surface area contributed by atoms with Gasteiger partial charge in [-0.25, -0.2) is 0 Å². The van der Waals surface area contributed by atoms with Crippen molar-refractivity contribution in [3.05, 3.63) is 29.8 Å². The molecule has 0 radical (unpaired) electrons. The average Bonchev–Trinajstić information content (AvgIpc) is 2.78. The number of rotatable bonds is 19. The molecule has 2 atom stereocenters. The van der Waals surface area contributed by atoms with Gasteiger partial charge in [-0.2, -0.15) is 0 Å². The number of methoxy groups -OCH3 is 1. The van der Waals surface area contributed by atoms with E-state index in [9.17, 15) is 4.79 Å². The van der Waals surface area contributed by atoms with Gasteiger partial charge < -0.3 is 4.74 Å². The zero-order valence-electron chi connectivity index (χ0n) is 20.0. The van der Waals surface area contributed by atoms with E-state index < -0.39 is 0 Å². The van der Waals surface area contributed by atoms with Crippen LogP contribution in [0.2, 0.25) is 10.6 Å². The summed E-state index contributed by atoms with van der Waals surface area (Å²) in [5.74, 6) is 0.745. The predicted octanol–water partition coefficient (Wildman–Crippen LogP) is 5.90. The first-order valence-corrected chi connectivity index (χ1v) is 13.6. The van der Waals surface area contributed by atoms with Gasteiger partial charge in [0.2, 0.25) is 0 Å². The van der Waals surface area contributed by atoms with E-state index in [1.165, 1.54) is 23.4 Å². The third-order valence-corrected chi connectivity index (χ3v) is 6.94. The fourth-order valence-electron chi connectivity index (χ4n) is 3.20. The van der Waals surface area contributed by atoms with Crippen LogP contribution < -0.4 is 10.1 Å². The van der Waals surface area contributed by atoms with Crippen molar-refractivity contribution in [1.82, 2.24) is 5.32 Å². The zero-order chi connectivity index (χ0) is 22.7. The van der Waals surface area contributed by atoms with E-state index >= 15 is 0 Å². The van der Waals surface area contributed by atoms with Crippen LogP contribution in [0.25, 0.3) is 0 Å². The van der Waals surface area contributed by atoms with Crippen molar-refractivity contribution in [2.24, 2.45) is 0 Å². The van der Waals surface area contributed by atoms with Crippen LogP contribution in [0.4, 0.5) is 0 Å². The van der Waals surface area contributed by atoms with Crippen molar-refractivity contribution in [2.45, 2.75) is 88.4 Å². The predicted molar refractivity (Wildman–Crippen MR) is 124 cm³/mol. The number of carbonyl (C=O) groups is 1. The molecule has 6 heteroatoms. The van der Waals surface area contributed by atoms with Crippen LogP contribution in [0.1, 0.15) is 76.1 Å². The van der Waals surface area contributed by atoms with E-state index in [0.717, 1.165) is 51.1 Å². The Morgan fingerprint density at radius 1 is 0.968 bits per heavy atom. The van der Waals surface area contributed by atoms with Crippen molar-refractivity contribution in [1.29, 1.82) is 0 Å². The minimum absolute atomic E-state index is 0.0155. The molecule has 2 unspecified atom stereocenters. The van der Waals surface area contributed by atoms with Crippen molar-refractivity contribution in [2.75, 3.05) is 26.9 Å². The summed E-state index contributed by atoms with van der Waals surface area (Å²) in [6.45, 7) is 8.80. The summed E-state index contributed by atoms with van der Waals surface area (Å²) in [6.07, 6.45) is 7.86. The van der Waals surface area contributed by atoms with Gasteiger partial charge in [-0.3, -0.25) is 0 Å². The average molecular weight is 474 g/mol. The van der Waals surface area contributed by atoms with Crippen molar-refractivity contribution >= 4 is 5.91 Å². The molecule has 31 heavy (non-hydrogen) atoms. The van der Waals surface area contributed by atoms with Crippen LogP contribution in [0.5, 0.6) is 5.75 Å². The van der Waals surface area contributed by atoms with E-state index in [4.69, 9.17) is 14.2 Å². The van der Waals surface area contributed by atoms with E-state index in [2.05, 4.69) is 19.2 Å². The first-order chi connectivity index (χ1) is 15.1. The van der Waals surface area contributed by atoms with Gasteiger partial charge in [0.1, 0.15) is 0 Å². The van der Waals surface area contributed by atoms with E-state index in [-0.39, 0.29) is 18.1 Å². The molecular formula is C25H43CrNO4. The Morgan fingerprint density at radius 3 is 2.32 bits per heavy atom. The SMILES string of the molecule is CCCOCCCCCCOc1ccc(C(=O)NC(C)C(C[CH2][Cr][CH2]CC)OC)cc1. The van der Waals surface area contributed by atoms with E-state index in [1.807, 2.05) is 31.2 Å². The molecule has 1 amide bonds. The van der Waals surface area contributed by atoms with Gasteiger partial charge in [-0.1, -0.05) is 13.3 Å². The van der Waals surface area contributed by atoms with Gasteiger partial charge in [0.05, 0.1) is 0 Å². The summed E-state index contributed by atoms with van der Waals surface area (Å²) in [6, 6.07) is 7.39. The summed E-state index contributed by atoms with van der Waals surface area (Å²) in [4.78, 5) is 12.6. The third kappa shape index (κ3) is 13.2. The molecule has 5 nitrogen and oxygen atoms in total. The number of hydrogen-bond acceptors (Lipinski definition) is 4. The van der Waals surface area contributed by atoms with Crippen molar-refractivity contribution < 1.29 is 34.2 Å². The summed E-state index contributed by atoms with van der Waals surface area (Å²) < 4.78 is 16.9. The van der Waals surface area contributed by atoms with Crippen LogP contribution >= 0.6 is 0 Å². The Hall–Kier alpha value is -1.06. The molecular weight excluding hydrogens is 430 g/mol. The van der Waals surface area contributed by atoms with Crippen LogP contribution in [0.15, 0.2) is 24.3 Å². The summed E-state index contributed by atoms with van der Waals surface area (Å²) in [5, 5.41) is 5.59. The molecule has 0 aliphatic carbocycles. The number of ether oxygens (including phenoxy) is 3. The molecule has 0 saturated carbocycles. The summed E-state index contributed by atoms with van der Waals surface area (Å²) >= 11 is 0.675. The zero-order valence-corrected chi connectivity index (χ0v) is 21.3. The van der Waals surface area contributed by atoms with Gasteiger partial charge in [-0.15, -0.1) is 0 Å². The second-order valence-corrected chi connectivity index (χ2v) is 9.75. The molecule has 0 saturated heterocycles. The molecule has 0 spiro atoms. The Bertz CT molecular complexity index is 567. The molecule has 1 N–H and O–H groups in total. The van der Waals surface area contributed by atoms with Gasteiger partial charge in [-0.05, 0) is 25.7 Å². The quantitative estimate of drug-likeness (QED) is 0.254. The van der Waals surface area contributed by atoms with E-state index in [1.54, 1.807) is 7.11 Å². The number of benzene rings is 1. The molecule has 0 fully saturated rings. The monoisotopic (exact) mass is 473 g/mol. The molecule has 0 aliphatic heterocycles. The fraction of sp³-hybridized carbons (Fsp3) is 0.720. The Labute approximate surface area is 196 Å². The topological polar surface area (TPSA) is 56.8 Å². The van der Waals surface area contributed by atoms with Crippen LogP contribution in [0, 0.1) is 0 Å². The van der Waals surface area contributed by atoms with Crippen molar-refractivity contribution in [3.63, 3.8) is 0 Å². The first kappa shape index (κ1) is 28.0. The fourth-order valence-corrected chi connectivity index (χ4v) is 4.59. The van der Waals surface area contributed by atoms with Gasteiger partial charge in [0.15, 0.2) is 0 Å². The van der Waals surface area contributed by atoms with Gasteiger partial charge in [0, 0.05) is 13.2 Å². The molecule has 0 heterocycles.